The lowest BCUT2D eigenvalue weighted by Gasteiger charge is -2.24. The molecule has 1 aromatic rings. The molecule has 0 saturated carbocycles. The molecule has 2 rings (SSSR count). The van der Waals surface area contributed by atoms with Crippen molar-refractivity contribution in [1.82, 2.24) is 0 Å². The van der Waals surface area contributed by atoms with E-state index in [0.29, 0.717) is 31.1 Å². The third kappa shape index (κ3) is 1.91. The van der Waals surface area contributed by atoms with Crippen LogP contribution in [0, 0.1) is 11.3 Å². The van der Waals surface area contributed by atoms with Gasteiger partial charge in [0.05, 0.1) is 7.44 Å². The molecule has 0 N–H and O–H groups in total. The van der Waals surface area contributed by atoms with Crippen molar-refractivity contribution < 1.29 is 6.17 Å². The van der Waals surface area contributed by atoms with Crippen LogP contribution in [-0.2, 0) is 10.2 Å². The summed E-state index contributed by atoms with van der Waals surface area (Å²) >= 11 is 0. The van der Waals surface area contributed by atoms with E-state index in [2.05, 4.69) is 13.0 Å². The number of fused-ring (bicyclic) bond motifs is 1. The van der Waals surface area contributed by atoms with Crippen molar-refractivity contribution in [2.75, 3.05) is 11.4 Å². The molecule has 17 heavy (non-hydrogen) atoms. The summed E-state index contributed by atoms with van der Waals surface area (Å²) in [5.41, 5.74) is 1.51. The Morgan fingerprint density at radius 1 is 1.71 bits per heavy atom. The van der Waals surface area contributed by atoms with Gasteiger partial charge < -0.3 is 4.90 Å². The highest BCUT2D eigenvalue weighted by molar-refractivity contribution is 5.94. The largest absolute Gasteiger partial charge is 0.311 e. The first-order chi connectivity index (χ1) is 8.49. The van der Waals surface area contributed by atoms with E-state index in [1.54, 1.807) is 11.0 Å². The van der Waals surface area contributed by atoms with Crippen molar-refractivity contribution in [3.8, 4) is 6.07 Å². The van der Waals surface area contributed by atoms with Crippen LogP contribution in [0.5, 0.6) is 0 Å². The molecule has 1 aliphatic rings. The summed E-state index contributed by atoms with van der Waals surface area (Å²) in [5, 5.41) is 8.75. The molecule has 0 fully saturated rings. The topological polar surface area (TPSA) is 44.1 Å². The van der Waals surface area contributed by atoms with E-state index in [4.69, 9.17) is 6.63 Å². The van der Waals surface area contributed by atoms with Gasteiger partial charge in [-0.25, -0.2) is 0 Å². The molecule has 0 spiro atoms. The lowest BCUT2D eigenvalue weighted by atomic mass is 9.80. The maximum absolute atomic E-state index is 11.7. The molecular weight excluding hydrogens is 212 g/mol. The molecule has 0 radical (unpaired) electrons. The number of anilines is 1. The lowest BCUT2D eigenvalue weighted by Crippen LogP contribution is -2.33. The molecular formula is C14H16N2O. The maximum Gasteiger partial charge on any atom is 0.223 e. The number of hydrogen-bond donors (Lipinski definition) is 0. The van der Waals surface area contributed by atoms with E-state index in [9.17, 15) is 4.79 Å². The van der Waals surface area contributed by atoms with Gasteiger partial charge in [-0.15, -0.1) is 0 Å². The number of nitrogens with zero attached hydrogens (tertiary/aromatic N) is 2. The minimum Gasteiger partial charge on any atom is -0.311 e. The van der Waals surface area contributed by atoms with Gasteiger partial charge in [0.15, 0.2) is 0 Å². The number of nitriles is 1. The van der Waals surface area contributed by atoms with Crippen molar-refractivity contribution in [2.24, 2.45) is 0 Å². The van der Waals surface area contributed by atoms with Crippen molar-refractivity contribution >= 4 is 11.6 Å². The van der Waals surface area contributed by atoms with Crippen LogP contribution < -0.4 is 4.90 Å². The first-order valence-corrected chi connectivity index (χ1v) is 5.75. The van der Waals surface area contributed by atoms with Gasteiger partial charge in [0.2, 0.25) is 5.91 Å². The van der Waals surface area contributed by atoms with Gasteiger partial charge in [-0.2, -0.15) is 5.26 Å². The van der Waals surface area contributed by atoms with Crippen LogP contribution in [-0.4, -0.2) is 12.5 Å². The second-order valence-electron chi connectivity index (χ2n) is 4.76. The Labute approximate surface area is 103 Å². The van der Waals surface area contributed by atoms with Gasteiger partial charge in [-0.3, -0.25) is 4.79 Å². The smallest absolute Gasteiger partial charge is 0.223 e. The average Bonchev–Trinajstić information content (AvgIpc) is 2.63. The average molecular weight is 229 g/mol. The van der Waals surface area contributed by atoms with Crippen molar-refractivity contribution in [3.05, 3.63) is 29.8 Å². The Balaban J connectivity index is 2.50. The summed E-state index contributed by atoms with van der Waals surface area (Å²) in [6.45, 7) is 4.15. The second-order valence-corrected chi connectivity index (χ2v) is 4.76. The summed E-state index contributed by atoms with van der Waals surface area (Å²) in [6, 6.07) is 8.04. The van der Waals surface area contributed by atoms with Gasteiger partial charge >= 0.3 is 0 Å². The van der Waals surface area contributed by atoms with Gasteiger partial charge in [0.1, 0.15) is 0 Å². The van der Waals surface area contributed by atoms with Crippen molar-refractivity contribution in [1.29, 1.82) is 5.26 Å². The van der Waals surface area contributed by atoms with Crippen LogP contribution in [0.1, 0.15) is 33.6 Å². The molecule has 88 valence electrons. The molecule has 1 aliphatic heterocycles. The predicted octanol–water partition coefficient (Wildman–Crippen LogP) is 2.61. The number of carbonyl (C=O) groups excluding carboxylic acids is 1. The monoisotopic (exact) mass is 229 g/mol. The first kappa shape index (κ1) is 10.3. The second kappa shape index (κ2) is 4.21. The fourth-order valence-corrected chi connectivity index (χ4v) is 2.47. The third-order valence-corrected chi connectivity index (χ3v) is 3.43. The fourth-order valence-electron chi connectivity index (χ4n) is 2.47. The number of hydrogen-bond acceptors (Lipinski definition) is 2. The van der Waals surface area contributed by atoms with Gasteiger partial charge in [0, 0.05) is 31.0 Å². The van der Waals surface area contributed by atoms with E-state index in [-0.39, 0.29) is 11.3 Å². The van der Waals surface area contributed by atoms with Crippen LogP contribution in [0.4, 0.5) is 5.69 Å². The minimum atomic E-state index is -0.214. The summed E-state index contributed by atoms with van der Waals surface area (Å²) in [4.78, 5) is 13.4. The summed E-state index contributed by atoms with van der Waals surface area (Å²) in [5.74, 6) is -0.0448. The minimum absolute atomic E-state index is 0.0448. The van der Waals surface area contributed by atoms with Crippen LogP contribution >= 0.6 is 0 Å². The fraction of sp³-hybridized carbons (Fsp3) is 0.429. The standard InChI is InChI=1S/C14H16N2O/c1-11(17)16-10-14(2,8-5-9-15)12-6-3-4-7-13(12)16/h3-4,6-7H,5,8,10H2,1-2H3/t14-/m1/s1/i7D. The molecule has 0 unspecified atom stereocenters. The molecule has 1 atom stereocenters. The zero-order valence-corrected chi connectivity index (χ0v) is 10.2. The summed E-state index contributed by atoms with van der Waals surface area (Å²) < 4.78 is 7.97. The van der Waals surface area contributed by atoms with E-state index >= 15 is 0 Å². The van der Waals surface area contributed by atoms with E-state index in [1.807, 2.05) is 12.1 Å². The molecule has 0 aromatic heterocycles. The predicted molar refractivity (Wildman–Crippen MR) is 66.7 cm³/mol. The Bertz CT molecular complexity index is 535. The molecule has 0 bridgehead atoms. The SMILES string of the molecule is [2H]c1cccc2c1N(C(C)=O)C[C@@]2(C)CCC#N. The Morgan fingerprint density at radius 3 is 3.12 bits per heavy atom. The molecule has 1 aromatic carbocycles. The summed E-state index contributed by atoms with van der Waals surface area (Å²) in [7, 11) is 0. The molecule has 3 heteroatoms. The van der Waals surface area contributed by atoms with Gasteiger partial charge in [0.25, 0.3) is 0 Å². The van der Waals surface area contributed by atoms with Crippen molar-refractivity contribution in [2.45, 2.75) is 32.1 Å². The van der Waals surface area contributed by atoms with E-state index in [1.165, 1.54) is 6.92 Å². The number of benzene rings is 1. The van der Waals surface area contributed by atoms with E-state index in [0.717, 1.165) is 5.56 Å². The van der Waals surface area contributed by atoms with Gasteiger partial charge in [-0.1, -0.05) is 25.1 Å². The van der Waals surface area contributed by atoms with Crippen LogP contribution in [0.15, 0.2) is 24.2 Å². The zero-order chi connectivity index (χ0) is 13.3. The van der Waals surface area contributed by atoms with Crippen LogP contribution in [0.2, 0.25) is 0 Å². The highest BCUT2D eigenvalue weighted by Gasteiger charge is 2.39. The lowest BCUT2D eigenvalue weighted by molar-refractivity contribution is -0.116. The Morgan fingerprint density at radius 2 is 2.47 bits per heavy atom. The highest BCUT2D eigenvalue weighted by atomic mass is 16.2. The summed E-state index contributed by atoms with van der Waals surface area (Å²) in [6.07, 6.45) is 1.17. The van der Waals surface area contributed by atoms with Crippen molar-refractivity contribution in [3.63, 3.8) is 0 Å². The maximum atomic E-state index is 11.7. The molecule has 1 heterocycles. The van der Waals surface area contributed by atoms with E-state index < -0.39 is 0 Å². The van der Waals surface area contributed by atoms with Gasteiger partial charge in [-0.05, 0) is 18.0 Å². The molecule has 0 aliphatic carbocycles. The number of carbonyl (C=O) groups is 1. The third-order valence-electron chi connectivity index (χ3n) is 3.43. The molecule has 1 amide bonds. The Kier molecular flexibility index (Phi) is 2.56. The normalized spacial score (nSPS) is 22.9. The van der Waals surface area contributed by atoms with Crippen LogP contribution in [0.3, 0.4) is 0 Å². The quantitative estimate of drug-likeness (QED) is 0.782. The number of amides is 1. The van der Waals surface area contributed by atoms with Crippen LogP contribution in [0.25, 0.3) is 0 Å². The number of rotatable bonds is 2. The zero-order valence-electron chi connectivity index (χ0n) is 11.2. The highest BCUT2D eigenvalue weighted by Crippen LogP contribution is 2.43. The molecule has 3 nitrogen and oxygen atoms in total. The first-order valence-electron chi connectivity index (χ1n) is 6.25. The Hall–Kier alpha value is -1.82. The number of para-hydroxylation sites is 1. The molecule has 0 saturated heterocycles.